The standard InChI is InChI=1S/C21H25N3O5/c1-3-29-20(27)10-22-21(28)23-18-7-5-4-6-14(18)16-11-24(2)12-17-15(16)8-13(25)9-19(17)26/h4-9,16,25-26H,3,10-12H2,1-2H3,(H2,22,23,28). The summed E-state index contributed by atoms with van der Waals surface area (Å²) in [6, 6.07) is 9.82. The average Bonchev–Trinajstić information content (AvgIpc) is 2.67. The molecule has 2 aromatic rings. The minimum Gasteiger partial charge on any atom is -0.508 e. The van der Waals surface area contributed by atoms with Gasteiger partial charge in [-0.15, -0.1) is 0 Å². The van der Waals surface area contributed by atoms with Crippen molar-refractivity contribution in [3.05, 3.63) is 53.1 Å². The van der Waals surface area contributed by atoms with E-state index in [0.29, 0.717) is 18.8 Å². The molecular formula is C21H25N3O5. The topological polar surface area (TPSA) is 111 Å². The number of nitrogens with one attached hydrogen (secondary N) is 2. The Kier molecular flexibility index (Phi) is 6.23. The number of phenolic OH excluding ortho intramolecular Hbond substituents is 2. The Bertz CT molecular complexity index is 915. The van der Waals surface area contributed by atoms with E-state index in [9.17, 15) is 19.8 Å². The van der Waals surface area contributed by atoms with Crippen LogP contribution in [0.3, 0.4) is 0 Å². The molecule has 0 aliphatic carbocycles. The van der Waals surface area contributed by atoms with Gasteiger partial charge in [0.15, 0.2) is 0 Å². The molecule has 1 unspecified atom stereocenters. The number of nitrogens with zero attached hydrogens (tertiary/aromatic N) is 1. The Morgan fingerprint density at radius 3 is 2.72 bits per heavy atom. The predicted octanol–water partition coefficient (Wildman–Crippen LogP) is 2.36. The summed E-state index contributed by atoms with van der Waals surface area (Å²) in [7, 11) is 1.95. The fraction of sp³-hybridized carbons (Fsp3) is 0.333. The molecule has 0 fully saturated rings. The predicted molar refractivity (Wildman–Crippen MR) is 108 cm³/mol. The number of amides is 2. The zero-order valence-electron chi connectivity index (χ0n) is 16.4. The average molecular weight is 399 g/mol. The summed E-state index contributed by atoms with van der Waals surface area (Å²) in [5.74, 6) is -0.629. The molecule has 1 aliphatic rings. The second kappa shape index (κ2) is 8.83. The molecule has 29 heavy (non-hydrogen) atoms. The Labute approximate surface area is 169 Å². The molecule has 154 valence electrons. The van der Waals surface area contributed by atoms with E-state index in [2.05, 4.69) is 15.5 Å². The number of ether oxygens (including phenoxy) is 1. The maximum atomic E-state index is 12.3. The molecule has 8 nitrogen and oxygen atoms in total. The Hall–Kier alpha value is -3.26. The number of carbonyl (C=O) groups is 2. The number of anilines is 1. The van der Waals surface area contributed by atoms with Crippen molar-refractivity contribution in [2.45, 2.75) is 19.4 Å². The van der Waals surface area contributed by atoms with E-state index < -0.39 is 12.0 Å². The quantitative estimate of drug-likeness (QED) is 0.575. The molecule has 0 radical (unpaired) electrons. The highest BCUT2D eigenvalue weighted by Gasteiger charge is 2.29. The first-order valence-electron chi connectivity index (χ1n) is 9.41. The van der Waals surface area contributed by atoms with Crippen LogP contribution >= 0.6 is 0 Å². The summed E-state index contributed by atoms with van der Waals surface area (Å²) in [5, 5.41) is 25.5. The SMILES string of the molecule is CCOC(=O)CNC(=O)Nc1ccccc1C1CN(C)Cc2c(O)cc(O)cc21. The van der Waals surface area contributed by atoms with Crippen molar-refractivity contribution >= 4 is 17.7 Å². The third-order valence-corrected chi connectivity index (χ3v) is 4.83. The van der Waals surface area contributed by atoms with Crippen LogP contribution in [0.5, 0.6) is 11.5 Å². The normalized spacial score (nSPS) is 16.0. The van der Waals surface area contributed by atoms with Gasteiger partial charge in [-0.05, 0) is 37.2 Å². The van der Waals surface area contributed by atoms with Crippen molar-refractivity contribution in [2.75, 3.05) is 32.1 Å². The lowest BCUT2D eigenvalue weighted by Crippen LogP contribution is -2.35. The summed E-state index contributed by atoms with van der Waals surface area (Å²) >= 11 is 0. The molecule has 0 spiro atoms. The number of hydrogen-bond acceptors (Lipinski definition) is 6. The first-order chi connectivity index (χ1) is 13.9. The smallest absolute Gasteiger partial charge is 0.325 e. The monoisotopic (exact) mass is 399 g/mol. The fourth-order valence-corrected chi connectivity index (χ4v) is 3.60. The van der Waals surface area contributed by atoms with Crippen LogP contribution in [0.25, 0.3) is 0 Å². The van der Waals surface area contributed by atoms with Crippen molar-refractivity contribution in [3.8, 4) is 11.5 Å². The molecule has 0 saturated heterocycles. The zero-order valence-corrected chi connectivity index (χ0v) is 16.4. The molecule has 1 atom stereocenters. The van der Waals surface area contributed by atoms with Gasteiger partial charge in [0.1, 0.15) is 18.0 Å². The minimum atomic E-state index is -0.520. The number of phenols is 2. The van der Waals surface area contributed by atoms with Crippen LogP contribution in [0.1, 0.15) is 29.5 Å². The molecule has 8 heteroatoms. The molecule has 4 N–H and O–H groups in total. The van der Waals surface area contributed by atoms with E-state index in [1.807, 2.05) is 19.2 Å². The molecule has 1 aliphatic heterocycles. The van der Waals surface area contributed by atoms with Gasteiger partial charge in [0.25, 0.3) is 0 Å². The van der Waals surface area contributed by atoms with Gasteiger partial charge in [-0.25, -0.2) is 4.79 Å². The van der Waals surface area contributed by atoms with Gasteiger partial charge in [0, 0.05) is 36.3 Å². The molecular weight excluding hydrogens is 374 g/mol. The third kappa shape index (κ3) is 4.78. The molecule has 0 saturated carbocycles. The number of carbonyl (C=O) groups excluding carboxylic acids is 2. The second-order valence-corrected chi connectivity index (χ2v) is 6.98. The summed E-state index contributed by atoms with van der Waals surface area (Å²) in [5.41, 5.74) is 3.00. The molecule has 2 amide bonds. The highest BCUT2D eigenvalue weighted by molar-refractivity contribution is 5.92. The Morgan fingerprint density at radius 2 is 1.97 bits per heavy atom. The number of hydrogen-bond donors (Lipinski definition) is 4. The van der Waals surface area contributed by atoms with Gasteiger partial charge in [-0.1, -0.05) is 18.2 Å². The molecule has 3 rings (SSSR count). The van der Waals surface area contributed by atoms with Gasteiger partial charge in [-0.2, -0.15) is 0 Å². The fourth-order valence-electron chi connectivity index (χ4n) is 3.60. The first-order valence-corrected chi connectivity index (χ1v) is 9.41. The van der Waals surface area contributed by atoms with Gasteiger partial charge >= 0.3 is 12.0 Å². The van der Waals surface area contributed by atoms with Crippen LogP contribution in [0.4, 0.5) is 10.5 Å². The second-order valence-electron chi connectivity index (χ2n) is 6.98. The summed E-state index contributed by atoms with van der Waals surface area (Å²) in [6.45, 7) is 2.94. The number of likely N-dealkylation sites (N-methyl/N-ethyl adjacent to an activating group) is 1. The molecule has 0 aromatic heterocycles. The Balaban J connectivity index is 1.86. The van der Waals surface area contributed by atoms with Crippen LogP contribution in [-0.2, 0) is 16.1 Å². The van der Waals surface area contributed by atoms with Crippen molar-refractivity contribution in [1.29, 1.82) is 0 Å². The third-order valence-electron chi connectivity index (χ3n) is 4.83. The van der Waals surface area contributed by atoms with Crippen LogP contribution in [0, 0.1) is 0 Å². The number of fused-ring (bicyclic) bond motifs is 1. The van der Waals surface area contributed by atoms with Crippen LogP contribution in [-0.4, -0.2) is 53.9 Å². The van der Waals surface area contributed by atoms with Crippen LogP contribution in [0.2, 0.25) is 0 Å². The molecule has 0 bridgehead atoms. The lowest BCUT2D eigenvalue weighted by molar-refractivity contribution is -0.141. The van der Waals surface area contributed by atoms with Crippen molar-refractivity contribution in [3.63, 3.8) is 0 Å². The number of benzene rings is 2. The number of para-hydroxylation sites is 1. The van der Waals surface area contributed by atoms with Crippen molar-refractivity contribution < 1.29 is 24.5 Å². The largest absolute Gasteiger partial charge is 0.508 e. The minimum absolute atomic E-state index is 0.00609. The van der Waals surface area contributed by atoms with Gasteiger partial charge in [0.05, 0.1) is 6.61 Å². The van der Waals surface area contributed by atoms with E-state index in [1.54, 1.807) is 25.1 Å². The zero-order chi connectivity index (χ0) is 21.0. The van der Waals surface area contributed by atoms with E-state index in [0.717, 1.165) is 16.7 Å². The van der Waals surface area contributed by atoms with Gasteiger partial charge in [0.2, 0.25) is 0 Å². The van der Waals surface area contributed by atoms with Crippen molar-refractivity contribution in [2.24, 2.45) is 0 Å². The lowest BCUT2D eigenvalue weighted by atomic mass is 9.83. The maximum absolute atomic E-state index is 12.3. The van der Waals surface area contributed by atoms with Gasteiger partial charge < -0.3 is 30.5 Å². The summed E-state index contributed by atoms with van der Waals surface area (Å²) in [4.78, 5) is 25.8. The highest BCUT2D eigenvalue weighted by Crippen LogP contribution is 2.41. The van der Waals surface area contributed by atoms with Crippen molar-refractivity contribution in [1.82, 2.24) is 10.2 Å². The maximum Gasteiger partial charge on any atom is 0.325 e. The number of urea groups is 1. The first kappa shape index (κ1) is 20.5. The van der Waals surface area contributed by atoms with E-state index >= 15 is 0 Å². The van der Waals surface area contributed by atoms with Crippen LogP contribution in [0.15, 0.2) is 36.4 Å². The van der Waals surface area contributed by atoms with Gasteiger partial charge in [-0.3, -0.25) is 4.79 Å². The summed E-state index contributed by atoms with van der Waals surface area (Å²) in [6.07, 6.45) is 0. The molecule has 2 aromatic carbocycles. The number of aromatic hydroxyl groups is 2. The number of rotatable bonds is 5. The Morgan fingerprint density at radius 1 is 1.21 bits per heavy atom. The van der Waals surface area contributed by atoms with E-state index in [-0.39, 0.29) is 30.6 Å². The summed E-state index contributed by atoms with van der Waals surface area (Å²) < 4.78 is 4.80. The molecule has 1 heterocycles. The number of esters is 1. The van der Waals surface area contributed by atoms with E-state index in [4.69, 9.17) is 4.74 Å². The lowest BCUT2D eigenvalue weighted by Gasteiger charge is -2.34. The van der Waals surface area contributed by atoms with E-state index in [1.165, 1.54) is 6.07 Å². The highest BCUT2D eigenvalue weighted by atomic mass is 16.5. The van der Waals surface area contributed by atoms with Crippen LogP contribution < -0.4 is 10.6 Å².